The normalized spacial score (nSPS) is 12.0. The Morgan fingerprint density at radius 1 is 1.12 bits per heavy atom. The number of carbonyl (C=O) groups excluding carboxylic acids is 1. The molecule has 0 fully saturated rings. The Labute approximate surface area is 152 Å². The van der Waals surface area contributed by atoms with Crippen LogP contribution < -0.4 is 5.32 Å². The molecule has 1 atom stereocenters. The van der Waals surface area contributed by atoms with Gasteiger partial charge in [0.1, 0.15) is 0 Å². The Morgan fingerprint density at radius 3 is 2.56 bits per heavy atom. The van der Waals surface area contributed by atoms with Gasteiger partial charge in [0.2, 0.25) is 5.91 Å². The summed E-state index contributed by atoms with van der Waals surface area (Å²) in [5, 5.41) is 7.81. The van der Waals surface area contributed by atoms with E-state index in [4.69, 9.17) is 11.6 Å². The van der Waals surface area contributed by atoms with E-state index in [9.17, 15) is 4.79 Å². The molecule has 0 aliphatic heterocycles. The highest BCUT2D eigenvalue weighted by molar-refractivity contribution is 6.30. The number of hydrogen-bond donors (Lipinski definition) is 1. The second kappa shape index (κ2) is 8.53. The fourth-order valence-electron chi connectivity index (χ4n) is 2.81. The molecule has 0 radical (unpaired) electrons. The molecule has 0 spiro atoms. The monoisotopic (exact) mass is 356 g/mol. The van der Waals surface area contributed by atoms with Crippen molar-refractivity contribution in [3.05, 3.63) is 77.8 Å². The predicted octanol–water partition coefficient (Wildman–Crippen LogP) is 3.33. The molecule has 1 aromatic carbocycles. The number of nitrogens with one attached hydrogen (secondary N) is 1. The van der Waals surface area contributed by atoms with Crippen molar-refractivity contribution in [1.29, 1.82) is 0 Å². The molecule has 2 aromatic heterocycles. The first-order valence-electron chi connectivity index (χ1n) is 8.31. The van der Waals surface area contributed by atoms with Gasteiger partial charge in [-0.05, 0) is 35.9 Å². The number of aromatic nitrogens is 3. The van der Waals surface area contributed by atoms with E-state index < -0.39 is 0 Å². The molecule has 130 valence electrons. The third-order valence-electron chi connectivity index (χ3n) is 4.09. The average Bonchev–Trinajstić information content (AvgIpc) is 3.29. The summed E-state index contributed by atoms with van der Waals surface area (Å²) in [7, 11) is 0. The predicted molar refractivity (Wildman–Crippen MR) is 98.5 cm³/mol. The molecule has 6 heteroatoms. The summed E-state index contributed by atoms with van der Waals surface area (Å²) in [5.41, 5.74) is 1.11. The molecule has 0 saturated carbocycles. The largest absolute Gasteiger partial charge is 0.354 e. The van der Waals surface area contributed by atoms with E-state index in [1.165, 1.54) is 0 Å². The summed E-state index contributed by atoms with van der Waals surface area (Å²) < 4.78 is 3.90. The standard InChI is InChI=1S/C19H21ClN4O/c20-18-6-4-16(5-7-18)17(15-23-10-1-2-11-23)14-19(25)21-9-13-24-12-3-8-22-24/h1-8,10-12,17H,9,13-15H2,(H,21,25)/t17-/m1/s1. The van der Waals surface area contributed by atoms with Crippen molar-refractivity contribution in [2.24, 2.45) is 0 Å². The third-order valence-corrected chi connectivity index (χ3v) is 4.34. The lowest BCUT2D eigenvalue weighted by Gasteiger charge is -2.18. The lowest BCUT2D eigenvalue weighted by molar-refractivity contribution is -0.121. The number of carbonyl (C=O) groups is 1. The smallest absolute Gasteiger partial charge is 0.220 e. The lowest BCUT2D eigenvalue weighted by atomic mass is 9.95. The molecule has 0 bridgehead atoms. The topological polar surface area (TPSA) is 51.9 Å². The number of halogens is 1. The maximum absolute atomic E-state index is 12.4. The van der Waals surface area contributed by atoms with Gasteiger partial charge in [0, 0.05) is 55.2 Å². The van der Waals surface area contributed by atoms with Gasteiger partial charge in [-0.25, -0.2) is 0 Å². The molecule has 5 nitrogen and oxygen atoms in total. The first-order chi connectivity index (χ1) is 12.2. The van der Waals surface area contributed by atoms with Gasteiger partial charge in [-0.1, -0.05) is 23.7 Å². The Bertz CT molecular complexity index is 766. The van der Waals surface area contributed by atoms with Crippen molar-refractivity contribution >= 4 is 17.5 Å². The minimum atomic E-state index is 0.0410. The van der Waals surface area contributed by atoms with Gasteiger partial charge in [-0.15, -0.1) is 0 Å². The van der Waals surface area contributed by atoms with Crippen LogP contribution in [0.3, 0.4) is 0 Å². The maximum atomic E-state index is 12.4. The molecular formula is C19H21ClN4O. The van der Waals surface area contributed by atoms with E-state index in [0.29, 0.717) is 24.5 Å². The van der Waals surface area contributed by atoms with E-state index in [2.05, 4.69) is 15.0 Å². The molecule has 1 N–H and O–H groups in total. The summed E-state index contributed by atoms with van der Waals surface area (Å²) in [6.07, 6.45) is 8.07. The van der Waals surface area contributed by atoms with Gasteiger partial charge in [-0.3, -0.25) is 9.48 Å². The molecular weight excluding hydrogens is 336 g/mol. The summed E-state index contributed by atoms with van der Waals surface area (Å²) in [4.78, 5) is 12.4. The number of nitrogens with zero attached hydrogens (tertiary/aromatic N) is 3. The van der Waals surface area contributed by atoms with Crippen molar-refractivity contribution < 1.29 is 4.79 Å². The minimum absolute atomic E-state index is 0.0410. The second-order valence-corrected chi connectivity index (χ2v) is 6.39. The van der Waals surface area contributed by atoms with E-state index in [1.54, 1.807) is 10.9 Å². The highest BCUT2D eigenvalue weighted by atomic mass is 35.5. The number of amides is 1. The number of benzene rings is 1. The summed E-state index contributed by atoms with van der Waals surface area (Å²) >= 11 is 5.99. The summed E-state index contributed by atoms with van der Waals surface area (Å²) in [5.74, 6) is 0.133. The van der Waals surface area contributed by atoms with Crippen LogP contribution in [0.25, 0.3) is 0 Å². The van der Waals surface area contributed by atoms with Crippen LogP contribution in [-0.4, -0.2) is 26.8 Å². The van der Waals surface area contributed by atoms with Gasteiger partial charge < -0.3 is 9.88 Å². The first-order valence-corrected chi connectivity index (χ1v) is 8.69. The van der Waals surface area contributed by atoms with Gasteiger partial charge in [-0.2, -0.15) is 5.10 Å². The van der Waals surface area contributed by atoms with Crippen LogP contribution in [-0.2, 0) is 17.9 Å². The first kappa shape index (κ1) is 17.3. The zero-order valence-electron chi connectivity index (χ0n) is 13.9. The zero-order valence-corrected chi connectivity index (χ0v) is 14.6. The molecule has 0 unspecified atom stereocenters. The van der Waals surface area contributed by atoms with Crippen molar-refractivity contribution in [2.45, 2.75) is 25.4 Å². The molecule has 3 rings (SSSR count). The van der Waals surface area contributed by atoms with Crippen molar-refractivity contribution in [3.63, 3.8) is 0 Å². The van der Waals surface area contributed by atoms with Gasteiger partial charge in [0.05, 0.1) is 6.54 Å². The SMILES string of the molecule is O=C(C[C@H](Cn1cccc1)c1ccc(Cl)cc1)NCCn1cccn1. The average molecular weight is 357 g/mol. The zero-order chi connectivity index (χ0) is 17.5. The van der Waals surface area contributed by atoms with Gasteiger partial charge in [0.25, 0.3) is 0 Å². The lowest BCUT2D eigenvalue weighted by Crippen LogP contribution is -2.29. The molecule has 25 heavy (non-hydrogen) atoms. The van der Waals surface area contributed by atoms with Crippen LogP contribution in [0, 0.1) is 0 Å². The summed E-state index contributed by atoms with van der Waals surface area (Å²) in [6.45, 7) is 1.99. The van der Waals surface area contributed by atoms with Gasteiger partial charge in [0.15, 0.2) is 0 Å². The van der Waals surface area contributed by atoms with Gasteiger partial charge >= 0.3 is 0 Å². The molecule has 3 aromatic rings. The minimum Gasteiger partial charge on any atom is -0.354 e. The Kier molecular flexibility index (Phi) is 5.90. The second-order valence-electron chi connectivity index (χ2n) is 5.95. The number of rotatable bonds is 8. The third kappa shape index (κ3) is 5.22. The van der Waals surface area contributed by atoms with Crippen LogP contribution in [0.4, 0.5) is 0 Å². The van der Waals surface area contributed by atoms with Crippen molar-refractivity contribution in [2.75, 3.05) is 6.54 Å². The Morgan fingerprint density at radius 2 is 1.88 bits per heavy atom. The highest BCUT2D eigenvalue weighted by Crippen LogP contribution is 2.23. The van der Waals surface area contributed by atoms with Crippen molar-refractivity contribution in [1.82, 2.24) is 19.7 Å². The molecule has 2 heterocycles. The maximum Gasteiger partial charge on any atom is 0.220 e. The van der Waals surface area contributed by atoms with Crippen LogP contribution in [0.5, 0.6) is 0 Å². The number of hydrogen-bond acceptors (Lipinski definition) is 2. The Hall–Kier alpha value is -2.53. The molecule has 0 saturated heterocycles. The summed E-state index contributed by atoms with van der Waals surface area (Å²) in [6, 6.07) is 13.6. The molecule has 1 amide bonds. The van der Waals surface area contributed by atoms with E-state index in [0.717, 1.165) is 12.1 Å². The van der Waals surface area contributed by atoms with Crippen molar-refractivity contribution in [3.8, 4) is 0 Å². The molecule has 0 aliphatic carbocycles. The van der Waals surface area contributed by atoms with Crippen LogP contribution >= 0.6 is 11.6 Å². The highest BCUT2D eigenvalue weighted by Gasteiger charge is 2.16. The quantitative estimate of drug-likeness (QED) is 0.673. The van der Waals surface area contributed by atoms with Crippen LogP contribution in [0.1, 0.15) is 17.9 Å². The van der Waals surface area contributed by atoms with E-state index in [1.807, 2.05) is 61.1 Å². The van der Waals surface area contributed by atoms with Crippen LogP contribution in [0.15, 0.2) is 67.3 Å². The fourth-order valence-corrected chi connectivity index (χ4v) is 2.93. The van der Waals surface area contributed by atoms with Crippen LogP contribution in [0.2, 0.25) is 5.02 Å². The van der Waals surface area contributed by atoms with E-state index in [-0.39, 0.29) is 11.8 Å². The molecule has 0 aliphatic rings. The fraction of sp³-hybridized carbons (Fsp3) is 0.263. The Balaban J connectivity index is 1.60. The van der Waals surface area contributed by atoms with E-state index >= 15 is 0 Å².